The fourth-order valence-electron chi connectivity index (χ4n) is 0.869. The van der Waals surface area contributed by atoms with E-state index in [1.54, 1.807) is 7.05 Å². The second kappa shape index (κ2) is 17.1. The molecule has 0 aromatic carbocycles. The van der Waals surface area contributed by atoms with E-state index in [1.165, 1.54) is 0 Å². The zero-order valence-corrected chi connectivity index (χ0v) is 12.7. The van der Waals surface area contributed by atoms with Gasteiger partial charge in [0, 0.05) is 12.6 Å². The molecule has 0 saturated carbocycles. The van der Waals surface area contributed by atoms with Gasteiger partial charge in [-0.3, -0.25) is 4.79 Å². The Morgan fingerprint density at radius 2 is 1.53 bits per heavy atom. The van der Waals surface area contributed by atoms with Gasteiger partial charge in [0.1, 0.15) is 0 Å². The molecule has 0 aliphatic rings. The van der Waals surface area contributed by atoms with Crippen molar-refractivity contribution in [3.8, 4) is 0 Å². The highest BCUT2D eigenvalue weighted by Crippen LogP contribution is 2.09. The molecule has 1 amide bonds. The summed E-state index contributed by atoms with van der Waals surface area (Å²) in [6.45, 7) is 13.8. The van der Waals surface area contributed by atoms with E-state index < -0.39 is 0 Å². The van der Waals surface area contributed by atoms with Crippen LogP contribution in [0.15, 0.2) is 35.5 Å². The maximum Gasteiger partial charge on any atom is 0.251 e. The van der Waals surface area contributed by atoms with E-state index in [-0.39, 0.29) is 5.91 Å². The summed E-state index contributed by atoms with van der Waals surface area (Å²) in [5.41, 5.74) is 1.69. The Morgan fingerprint density at radius 3 is 1.82 bits per heavy atom. The molecule has 17 heavy (non-hydrogen) atoms. The van der Waals surface area contributed by atoms with Gasteiger partial charge in [-0.2, -0.15) is 0 Å². The van der Waals surface area contributed by atoms with Gasteiger partial charge in [-0.05, 0) is 32.4 Å². The lowest BCUT2D eigenvalue weighted by molar-refractivity contribution is -0.116. The molecule has 0 spiro atoms. The molecule has 0 aromatic rings. The number of allylic oxidation sites excluding steroid dienone is 4. The minimum absolute atomic E-state index is 0.0475. The normalized spacial score (nSPS) is 11.1. The first kappa shape index (κ1) is 21.0. The Kier molecular flexibility index (Phi) is 21.1. The molecule has 2 nitrogen and oxygen atoms in total. The van der Waals surface area contributed by atoms with Gasteiger partial charge < -0.3 is 5.32 Å². The highest BCUT2D eigenvalue weighted by atomic mass is 16.1. The first-order chi connectivity index (χ1) is 8.17. The molecule has 0 aliphatic carbocycles. The summed E-state index contributed by atoms with van der Waals surface area (Å²) in [7, 11) is 1.63. The maximum atomic E-state index is 11.4. The van der Waals surface area contributed by atoms with E-state index in [4.69, 9.17) is 0 Å². The van der Waals surface area contributed by atoms with Gasteiger partial charge in [0.05, 0.1) is 0 Å². The summed E-state index contributed by atoms with van der Waals surface area (Å²) < 4.78 is 0. The average molecular weight is 239 g/mol. The van der Waals surface area contributed by atoms with Gasteiger partial charge in [-0.1, -0.05) is 45.9 Å². The number of carbonyl (C=O) groups is 1. The molecule has 100 valence electrons. The molecule has 0 heterocycles. The van der Waals surface area contributed by atoms with Crippen LogP contribution in [0.5, 0.6) is 0 Å². The standard InChI is InChI=1S/C11H17NO.2C2H6/c1-5-7-8-10(9(3)6-2)11(13)12-4;2*1-2/h5-8H,1-4H3,(H,12,13);2*1-2H3/b7-5-,9-6-,10-8+;;. The topological polar surface area (TPSA) is 29.1 Å². The van der Waals surface area contributed by atoms with Crippen LogP contribution >= 0.6 is 0 Å². The van der Waals surface area contributed by atoms with E-state index in [0.29, 0.717) is 5.57 Å². The Morgan fingerprint density at radius 1 is 1.06 bits per heavy atom. The minimum atomic E-state index is -0.0475. The summed E-state index contributed by atoms with van der Waals surface area (Å²) in [6, 6.07) is 0. The van der Waals surface area contributed by atoms with Crippen LogP contribution in [0.3, 0.4) is 0 Å². The molecule has 0 bridgehead atoms. The van der Waals surface area contributed by atoms with Gasteiger partial charge >= 0.3 is 0 Å². The molecular weight excluding hydrogens is 210 g/mol. The Labute approximate surface area is 108 Å². The average Bonchev–Trinajstić information content (AvgIpc) is 2.42. The number of likely N-dealkylation sites (N-methyl/N-ethyl adjacent to an activating group) is 1. The number of rotatable bonds is 3. The zero-order valence-electron chi connectivity index (χ0n) is 12.7. The molecule has 1 N–H and O–H groups in total. The second-order valence-electron chi connectivity index (χ2n) is 2.66. The van der Waals surface area contributed by atoms with Gasteiger partial charge in [-0.15, -0.1) is 0 Å². The molecular formula is C15H29NO. The van der Waals surface area contributed by atoms with Gasteiger partial charge in [-0.25, -0.2) is 0 Å². The number of nitrogens with one attached hydrogen (secondary N) is 1. The monoisotopic (exact) mass is 239 g/mol. The second-order valence-corrected chi connectivity index (χ2v) is 2.66. The van der Waals surface area contributed by atoms with Crippen molar-refractivity contribution in [1.82, 2.24) is 5.32 Å². The van der Waals surface area contributed by atoms with E-state index in [9.17, 15) is 4.79 Å². The number of carbonyl (C=O) groups excluding carboxylic acids is 1. The lowest BCUT2D eigenvalue weighted by atomic mass is 10.1. The van der Waals surface area contributed by atoms with Crippen molar-refractivity contribution in [2.45, 2.75) is 48.5 Å². The zero-order chi connectivity index (χ0) is 14.3. The molecule has 0 atom stereocenters. The Balaban J connectivity index is -0.000000439. The van der Waals surface area contributed by atoms with Crippen molar-refractivity contribution in [2.24, 2.45) is 0 Å². The lowest BCUT2D eigenvalue weighted by Gasteiger charge is -2.04. The number of amides is 1. The molecule has 0 fully saturated rings. The Bertz CT molecular complexity index is 260. The van der Waals surface area contributed by atoms with Crippen LogP contribution in [0.2, 0.25) is 0 Å². The van der Waals surface area contributed by atoms with Crippen molar-refractivity contribution in [3.63, 3.8) is 0 Å². The van der Waals surface area contributed by atoms with Crippen molar-refractivity contribution >= 4 is 5.91 Å². The molecule has 2 heteroatoms. The van der Waals surface area contributed by atoms with Crippen LogP contribution in [-0.4, -0.2) is 13.0 Å². The van der Waals surface area contributed by atoms with Crippen LogP contribution < -0.4 is 5.32 Å². The number of hydrogen-bond acceptors (Lipinski definition) is 1. The molecule has 0 rings (SSSR count). The first-order valence-electron chi connectivity index (χ1n) is 6.35. The lowest BCUT2D eigenvalue weighted by Crippen LogP contribution is -2.20. The summed E-state index contributed by atoms with van der Waals surface area (Å²) in [6.07, 6.45) is 7.49. The van der Waals surface area contributed by atoms with Crippen LogP contribution in [0, 0.1) is 0 Å². The molecule has 0 radical (unpaired) electrons. The number of hydrogen-bond donors (Lipinski definition) is 1. The van der Waals surface area contributed by atoms with Gasteiger partial charge in [0.25, 0.3) is 5.91 Å². The van der Waals surface area contributed by atoms with Crippen LogP contribution in [-0.2, 0) is 4.79 Å². The SMILES string of the molecule is CC.CC.C\C=C/C=C(C(=O)NC)\C(C)=C/C. The first-order valence-corrected chi connectivity index (χ1v) is 6.35. The van der Waals surface area contributed by atoms with Gasteiger partial charge in [0.15, 0.2) is 0 Å². The van der Waals surface area contributed by atoms with Crippen LogP contribution in [0.1, 0.15) is 48.5 Å². The minimum Gasteiger partial charge on any atom is -0.355 e. The van der Waals surface area contributed by atoms with E-state index in [1.807, 2.05) is 72.8 Å². The third kappa shape index (κ3) is 11.0. The quantitative estimate of drug-likeness (QED) is 0.579. The van der Waals surface area contributed by atoms with E-state index in [0.717, 1.165) is 5.57 Å². The van der Waals surface area contributed by atoms with Crippen LogP contribution in [0.25, 0.3) is 0 Å². The fourth-order valence-corrected chi connectivity index (χ4v) is 0.869. The molecule has 0 saturated heterocycles. The highest BCUT2D eigenvalue weighted by molar-refractivity contribution is 5.97. The predicted octanol–water partition coefficient (Wildman–Crippen LogP) is 4.25. The van der Waals surface area contributed by atoms with Gasteiger partial charge in [0.2, 0.25) is 0 Å². The van der Waals surface area contributed by atoms with Crippen LogP contribution in [0.4, 0.5) is 0 Å². The van der Waals surface area contributed by atoms with Crippen molar-refractivity contribution in [3.05, 3.63) is 35.5 Å². The molecule has 0 aliphatic heterocycles. The summed E-state index contributed by atoms with van der Waals surface area (Å²) in [5, 5.41) is 2.61. The largest absolute Gasteiger partial charge is 0.355 e. The summed E-state index contributed by atoms with van der Waals surface area (Å²) in [4.78, 5) is 11.4. The van der Waals surface area contributed by atoms with E-state index in [2.05, 4.69) is 5.32 Å². The summed E-state index contributed by atoms with van der Waals surface area (Å²) >= 11 is 0. The van der Waals surface area contributed by atoms with Crippen molar-refractivity contribution in [2.75, 3.05) is 7.05 Å². The fraction of sp³-hybridized carbons (Fsp3) is 0.533. The van der Waals surface area contributed by atoms with Crippen molar-refractivity contribution < 1.29 is 4.79 Å². The molecule has 0 unspecified atom stereocenters. The van der Waals surface area contributed by atoms with E-state index >= 15 is 0 Å². The molecule has 0 aromatic heterocycles. The highest BCUT2D eigenvalue weighted by Gasteiger charge is 2.06. The predicted molar refractivity (Wildman–Crippen MR) is 79.1 cm³/mol. The third-order valence-corrected chi connectivity index (χ3v) is 1.78. The Hall–Kier alpha value is -1.31. The maximum absolute atomic E-state index is 11.4. The summed E-state index contributed by atoms with van der Waals surface area (Å²) in [5.74, 6) is -0.0475. The third-order valence-electron chi connectivity index (χ3n) is 1.78. The van der Waals surface area contributed by atoms with Crippen molar-refractivity contribution in [1.29, 1.82) is 0 Å². The smallest absolute Gasteiger partial charge is 0.251 e.